The first-order valence-electron chi connectivity index (χ1n) is 5.41. The van der Waals surface area contributed by atoms with Gasteiger partial charge in [-0.2, -0.15) is 0 Å². The number of hydrogen-bond donors (Lipinski definition) is 1. The maximum atomic E-state index is 5.89. The predicted octanol–water partition coefficient (Wildman–Crippen LogP) is 4.71. The zero-order valence-corrected chi connectivity index (χ0v) is 12.7. The molecule has 0 saturated heterocycles. The van der Waals surface area contributed by atoms with E-state index in [1.807, 2.05) is 30.3 Å². The van der Waals surface area contributed by atoms with Crippen molar-refractivity contribution in [3.05, 3.63) is 45.7 Å². The molecule has 0 aliphatic heterocycles. The third-order valence-corrected chi connectivity index (χ3v) is 3.81. The molecule has 96 valence electrons. The van der Waals surface area contributed by atoms with Gasteiger partial charge in [-0.05, 0) is 39.7 Å². The van der Waals surface area contributed by atoms with Gasteiger partial charge in [-0.25, -0.2) is 0 Å². The topological polar surface area (TPSA) is 65.2 Å². The first-order chi connectivity index (χ1) is 9.16. The summed E-state index contributed by atoms with van der Waals surface area (Å²) in [7, 11) is 0. The highest BCUT2D eigenvalue weighted by Gasteiger charge is 2.20. The standard InChI is InChI=1S/C13H8Br2N2O2/c14-8-3-1-2-7(6-8)10-11(17-19-13(10)16)9-4-5-18-12(9)15/h1-6H,16H2. The van der Waals surface area contributed by atoms with E-state index in [1.165, 1.54) is 0 Å². The minimum Gasteiger partial charge on any atom is -0.457 e. The first kappa shape index (κ1) is 12.5. The molecule has 0 aliphatic carbocycles. The summed E-state index contributed by atoms with van der Waals surface area (Å²) in [5.41, 5.74) is 9.02. The maximum absolute atomic E-state index is 5.89. The number of nitrogens with zero attached hydrogens (tertiary/aromatic N) is 1. The minimum atomic E-state index is 0.279. The first-order valence-corrected chi connectivity index (χ1v) is 7.00. The molecule has 0 aliphatic rings. The number of benzene rings is 1. The molecule has 2 heterocycles. The molecule has 4 nitrogen and oxygen atoms in total. The number of hydrogen-bond acceptors (Lipinski definition) is 4. The van der Waals surface area contributed by atoms with Crippen LogP contribution in [0.15, 0.2) is 54.7 Å². The summed E-state index contributed by atoms with van der Waals surface area (Å²) < 4.78 is 11.9. The minimum absolute atomic E-state index is 0.279. The molecule has 3 rings (SSSR count). The van der Waals surface area contributed by atoms with Crippen molar-refractivity contribution >= 4 is 37.7 Å². The van der Waals surface area contributed by atoms with Gasteiger partial charge in [-0.1, -0.05) is 33.2 Å². The molecule has 2 aromatic heterocycles. The number of aromatic nitrogens is 1. The number of rotatable bonds is 2. The Kier molecular flexibility index (Phi) is 3.20. The lowest BCUT2D eigenvalue weighted by molar-refractivity contribution is 0.439. The van der Waals surface area contributed by atoms with Crippen LogP contribution in [-0.2, 0) is 0 Å². The fourth-order valence-electron chi connectivity index (χ4n) is 1.87. The summed E-state index contributed by atoms with van der Waals surface area (Å²) in [6.45, 7) is 0. The quantitative estimate of drug-likeness (QED) is 0.695. The Balaban J connectivity index is 2.22. The second-order valence-corrected chi connectivity index (χ2v) is 5.52. The third kappa shape index (κ3) is 2.21. The van der Waals surface area contributed by atoms with Crippen LogP contribution in [0.1, 0.15) is 0 Å². The zero-order valence-electron chi connectivity index (χ0n) is 9.56. The average Bonchev–Trinajstić information content (AvgIpc) is 2.95. The molecule has 6 heteroatoms. The maximum Gasteiger partial charge on any atom is 0.230 e. The van der Waals surface area contributed by atoms with Crippen LogP contribution in [0.5, 0.6) is 0 Å². The van der Waals surface area contributed by atoms with Gasteiger partial charge in [0.1, 0.15) is 5.69 Å². The average molecular weight is 384 g/mol. The number of nitrogen functional groups attached to an aromatic ring is 1. The summed E-state index contributed by atoms with van der Waals surface area (Å²) in [6.07, 6.45) is 1.58. The van der Waals surface area contributed by atoms with E-state index >= 15 is 0 Å². The Morgan fingerprint density at radius 2 is 2.00 bits per heavy atom. The molecule has 0 spiro atoms. The van der Waals surface area contributed by atoms with Gasteiger partial charge < -0.3 is 14.7 Å². The van der Waals surface area contributed by atoms with Gasteiger partial charge in [0, 0.05) is 4.47 Å². The van der Waals surface area contributed by atoms with Crippen LogP contribution in [0.2, 0.25) is 0 Å². The van der Waals surface area contributed by atoms with Crippen molar-refractivity contribution in [1.29, 1.82) is 0 Å². The van der Waals surface area contributed by atoms with Crippen molar-refractivity contribution in [2.24, 2.45) is 0 Å². The summed E-state index contributed by atoms with van der Waals surface area (Å²) >= 11 is 6.78. The second kappa shape index (κ2) is 4.86. The second-order valence-electron chi connectivity index (χ2n) is 3.89. The molecule has 0 saturated carbocycles. The molecule has 0 radical (unpaired) electrons. The Hall–Kier alpha value is -1.53. The molecule has 19 heavy (non-hydrogen) atoms. The largest absolute Gasteiger partial charge is 0.457 e. The summed E-state index contributed by atoms with van der Waals surface area (Å²) in [5.74, 6) is 0.279. The van der Waals surface area contributed by atoms with Gasteiger partial charge in [0.25, 0.3) is 0 Å². The van der Waals surface area contributed by atoms with Gasteiger partial charge >= 0.3 is 0 Å². The normalized spacial score (nSPS) is 10.8. The van der Waals surface area contributed by atoms with Gasteiger partial charge in [0.2, 0.25) is 5.88 Å². The lowest BCUT2D eigenvalue weighted by Gasteiger charge is -2.02. The van der Waals surface area contributed by atoms with Gasteiger partial charge in [0.05, 0.1) is 17.4 Å². The van der Waals surface area contributed by atoms with Gasteiger partial charge in [0.15, 0.2) is 4.67 Å². The number of anilines is 1. The molecule has 0 bridgehead atoms. The summed E-state index contributed by atoms with van der Waals surface area (Å²) in [6, 6.07) is 9.59. The SMILES string of the molecule is Nc1onc(-c2ccoc2Br)c1-c1cccc(Br)c1. The fourth-order valence-corrected chi connectivity index (χ4v) is 2.70. The van der Waals surface area contributed by atoms with Gasteiger partial charge in [-0.3, -0.25) is 0 Å². The van der Waals surface area contributed by atoms with E-state index in [9.17, 15) is 0 Å². The van der Waals surface area contributed by atoms with E-state index in [1.54, 1.807) is 6.26 Å². The van der Waals surface area contributed by atoms with Crippen LogP contribution < -0.4 is 5.73 Å². The van der Waals surface area contributed by atoms with Crippen molar-refractivity contribution in [3.63, 3.8) is 0 Å². The fraction of sp³-hybridized carbons (Fsp3) is 0. The molecule has 0 amide bonds. The molecule has 3 aromatic rings. The van der Waals surface area contributed by atoms with E-state index < -0.39 is 0 Å². The van der Waals surface area contributed by atoms with E-state index in [-0.39, 0.29) is 5.88 Å². The number of nitrogens with two attached hydrogens (primary N) is 1. The number of halogens is 2. The summed E-state index contributed by atoms with van der Waals surface area (Å²) in [4.78, 5) is 0. The van der Waals surface area contributed by atoms with E-state index in [4.69, 9.17) is 14.7 Å². The lowest BCUT2D eigenvalue weighted by atomic mass is 10.0. The number of furan rings is 1. The van der Waals surface area contributed by atoms with Crippen molar-refractivity contribution in [3.8, 4) is 22.4 Å². The molecule has 0 fully saturated rings. The smallest absolute Gasteiger partial charge is 0.230 e. The Morgan fingerprint density at radius 3 is 2.68 bits per heavy atom. The van der Waals surface area contributed by atoms with E-state index in [0.717, 1.165) is 21.2 Å². The zero-order chi connectivity index (χ0) is 13.4. The Bertz CT molecular complexity index is 734. The van der Waals surface area contributed by atoms with E-state index in [0.29, 0.717) is 10.4 Å². The van der Waals surface area contributed by atoms with Gasteiger partial charge in [-0.15, -0.1) is 0 Å². The molecule has 0 atom stereocenters. The molecule has 0 unspecified atom stereocenters. The highest BCUT2D eigenvalue weighted by atomic mass is 79.9. The summed E-state index contributed by atoms with van der Waals surface area (Å²) in [5, 5.41) is 4.02. The van der Waals surface area contributed by atoms with Crippen LogP contribution in [0.4, 0.5) is 5.88 Å². The molecule has 1 aromatic carbocycles. The highest BCUT2D eigenvalue weighted by molar-refractivity contribution is 9.10. The predicted molar refractivity (Wildman–Crippen MR) is 79.5 cm³/mol. The van der Waals surface area contributed by atoms with Crippen molar-refractivity contribution < 1.29 is 8.94 Å². The van der Waals surface area contributed by atoms with Crippen molar-refractivity contribution in [2.75, 3.05) is 5.73 Å². The van der Waals surface area contributed by atoms with Crippen LogP contribution >= 0.6 is 31.9 Å². The van der Waals surface area contributed by atoms with Crippen LogP contribution in [0, 0.1) is 0 Å². The van der Waals surface area contributed by atoms with Crippen molar-refractivity contribution in [1.82, 2.24) is 5.16 Å². The monoisotopic (exact) mass is 382 g/mol. The Labute approximate surface area is 125 Å². The lowest BCUT2D eigenvalue weighted by Crippen LogP contribution is -1.87. The Morgan fingerprint density at radius 1 is 1.16 bits per heavy atom. The van der Waals surface area contributed by atoms with Crippen molar-refractivity contribution in [2.45, 2.75) is 0 Å². The molecule has 2 N–H and O–H groups in total. The van der Waals surface area contributed by atoms with Crippen LogP contribution in [0.3, 0.4) is 0 Å². The molecular weight excluding hydrogens is 376 g/mol. The van der Waals surface area contributed by atoms with Crippen LogP contribution in [-0.4, -0.2) is 5.16 Å². The highest BCUT2D eigenvalue weighted by Crippen LogP contribution is 2.39. The third-order valence-electron chi connectivity index (χ3n) is 2.70. The van der Waals surface area contributed by atoms with Crippen LogP contribution in [0.25, 0.3) is 22.4 Å². The van der Waals surface area contributed by atoms with E-state index in [2.05, 4.69) is 37.0 Å². The molecular formula is C13H8Br2N2O2.